The van der Waals surface area contributed by atoms with Crippen LogP contribution in [-0.2, 0) is 10.6 Å². The van der Waals surface area contributed by atoms with Crippen LogP contribution in [0.2, 0.25) is 0 Å². The van der Waals surface area contributed by atoms with Crippen LogP contribution < -0.4 is 0 Å². The Balaban J connectivity index is 2.11. The highest BCUT2D eigenvalue weighted by atomic mass is 35.5. The number of aliphatic hydroxyl groups excluding tert-OH is 1. The summed E-state index contributed by atoms with van der Waals surface area (Å²) in [4.78, 5) is 6.96. The maximum Gasteiger partial charge on any atom is 0.110 e. The molecule has 1 saturated heterocycles. The minimum absolute atomic E-state index is 0.0715. The number of aliphatic hydroxyl groups is 1. The van der Waals surface area contributed by atoms with Gasteiger partial charge in [-0.15, -0.1) is 22.9 Å². The van der Waals surface area contributed by atoms with Crippen LogP contribution >= 0.6 is 22.9 Å². The molecule has 4 nitrogen and oxygen atoms in total. The van der Waals surface area contributed by atoms with Crippen molar-refractivity contribution in [1.82, 2.24) is 9.88 Å². The summed E-state index contributed by atoms with van der Waals surface area (Å²) >= 11 is 7.49. The van der Waals surface area contributed by atoms with Crippen LogP contribution in [-0.4, -0.2) is 46.9 Å². The van der Waals surface area contributed by atoms with Gasteiger partial charge in [0, 0.05) is 18.5 Å². The first-order valence-corrected chi connectivity index (χ1v) is 8.10. The summed E-state index contributed by atoms with van der Waals surface area (Å²) in [6, 6.07) is 0.294. The zero-order chi connectivity index (χ0) is 13.8. The van der Waals surface area contributed by atoms with Crippen molar-refractivity contribution in [3.63, 3.8) is 0 Å². The van der Waals surface area contributed by atoms with Crippen molar-refractivity contribution in [2.45, 2.75) is 44.4 Å². The average Bonchev–Trinajstić information content (AvgIpc) is 2.87. The second-order valence-electron chi connectivity index (χ2n) is 4.94. The fourth-order valence-electron chi connectivity index (χ4n) is 2.56. The predicted molar refractivity (Wildman–Crippen MR) is 77.7 cm³/mol. The number of alkyl halides is 1. The molecule has 0 radical (unpaired) electrons. The van der Waals surface area contributed by atoms with Gasteiger partial charge in [-0.1, -0.05) is 6.92 Å². The zero-order valence-corrected chi connectivity index (χ0v) is 13.0. The number of thiazole rings is 1. The molecule has 6 heteroatoms. The fourth-order valence-corrected chi connectivity index (χ4v) is 3.83. The van der Waals surface area contributed by atoms with Crippen LogP contribution in [0.15, 0.2) is 5.38 Å². The van der Waals surface area contributed by atoms with Crippen molar-refractivity contribution >= 4 is 22.9 Å². The highest BCUT2D eigenvalue weighted by Crippen LogP contribution is 2.30. The largest absolute Gasteiger partial charge is 0.394 e. The van der Waals surface area contributed by atoms with Gasteiger partial charge in [-0.2, -0.15) is 0 Å². The first kappa shape index (κ1) is 15.2. The van der Waals surface area contributed by atoms with Crippen molar-refractivity contribution in [2.24, 2.45) is 0 Å². The zero-order valence-electron chi connectivity index (χ0n) is 11.4. The molecule has 0 aliphatic carbocycles. The summed E-state index contributed by atoms with van der Waals surface area (Å²) in [7, 11) is 0. The van der Waals surface area contributed by atoms with Gasteiger partial charge in [0.15, 0.2) is 0 Å². The highest BCUT2D eigenvalue weighted by molar-refractivity contribution is 7.09. The van der Waals surface area contributed by atoms with E-state index in [1.807, 2.05) is 12.3 Å². The van der Waals surface area contributed by atoms with Crippen molar-refractivity contribution in [3.05, 3.63) is 16.1 Å². The van der Waals surface area contributed by atoms with Crippen LogP contribution in [0.4, 0.5) is 0 Å². The molecule has 1 aromatic heterocycles. The van der Waals surface area contributed by atoms with Crippen LogP contribution in [0.1, 0.15) is 37.0 Å². The molecule has 1 N–H and O–H groups in total. The molecule has 1 aliphatic rings. The predicted octanol–water partition coefficient (Wildman–Crippen LogP) is 2.41. The van der Waals surface area contributed by atoms with Gasteiger partial charge < -0.3 is 9.84 Å². The lowest BCUT2D eigenvalue weighted by molar-refractivity contribution is -0.106. The first-order valence-electron chi connectivity index (χ1n) is 6.68. The Hall–Kier alpha value is -0.200. The lowest BCUT2D eigenvalue weighted by Crippen LogP contribution is -2.49. The smallest absolute Gasteiger partial charge is 0.110 e. The molecule has 0 bridgehead atoms. The van der Waals surface area contributed by atoms with Gasteiger partial charge in [-0.25, -0.2) is 4.98 Å². The number of morpholine rings is 1. The number of ether oxygens (including phenoxy) is 1. The third kappa shape index (κ3) is 3.67. The van der Waals surface area contributed by atoms with Crippen molar-refractivity contribution in [2.75, 3.05) is 19.7 Å². The number of nitrogens with zero attached hydrogens (tertiary/aromatic N) is 2. The third-order valence-electron chi connectivity index (χ3n) is 3.38. The SMILES string of the molecule is CCC(c1nc(CCl)cs1)N1CC(C)OC(CO)C1. The second kappa shape index (κ2) is 6.99. The Labute approximate surface area is 123 Å². The molecular weight excluding hydrogens is 284 g/mol. The van der Waals surface area contributed by atoms with Crippen molar-refractivity contribution in [1.29, 1.82) is 0 Å². The number of halogens is 1. The molecule has 0 aromatic carbocycles. The van der Waals surface area contributed by atoms with Crippen molar-refractivity contribution < 1.29 is 9.84 Å². The van der Waals surface area contributed by atoms with E-state index in [4.69, 9.17) is 16.3 Å². The van der Waals surface area contributed by atoms with Gasteiger partial charge in [-0.3, -0.25) is 4.90 Å². The topological polar surface area (TPSA) is 45.6 Å². The molecular formula is C13H21ClN2O2S. The van der Waals surface area contributed by atoms with E-state index in [1.165, 1.54) is 0 Å². The quantitative estimate of drug-likeness (QED) is 0.849. The molecule has 19 heavy (non-hydrogen) atoms. The average molecular weight is 305 g/mol. The minimum Gasteiger partial charge on any atom is -0.394 e. The first-order chi connectivity index (χ1) is 9.17. The van der Waals surface area contributed by atoms with E-state index in [1.54, 1.807) is 11.3 Å². The molecule has 1 aromatic rings. The maximum absolute atomic E-state index is 9.31. The molecule has 0 amide bonds. The lowest BCUT2D eigenvalue weighted by Gasteiger charge is -2.39. The summed E-state index contributed by atoms with van der Waals surface area (Å²) in [5, 5.41) is 12.5. The Morgan fingerprint density at radius 1 is 1.63 bits per heavy atom. The van der Waals surface area contributed by atoms with Crippen LogP contribution in [0.25, 0.3) is 0 Å². The fraction of sp³-hybridized carbons (Fsp3) is 0.769. The Kier molecular flexibility index (Phi) is 5.59. The molecule has 1 fully saturated rings. The highest BCUT2D eigenvalue weighted by Gasteiger charge is 2.30. The summed E-state index contributed by atoms with van der Waals surface area (Å²) < 4.78 is 5.69. The molecule has 0 saturated carbocycles. The lowest BCUT2D eigenvalue weighted by atomic mass is 10.1. The summed E-state index contributed by atoms with van der Waals surface area (Å²) in [6.07, 6.45) is 1.05. The van der Waals surface area contributed by atoms with Gasteiger partial charge in [0.2, 0.25) is 0 Å². The van der Waals surface area contributed by atoms with E-state index < -0.39 is 0 Å². The molecule has 2 rings (SSSR count). The number of hydrogen-bond acceptors (Lipinski definition) is 5. The van der Waals surface area contributed by atoms with Crippen molar-refractivity contribution in [3.8, 4) is 0 Å². The molecule has 2 heterocycles. The van der Waals surface area contributed by atoms with Crippen LogP contribution in [0.3, 0.4) is 0 Å². The number of aromatic nitrogens is 1. The molecule has 0 spiro atoms. The molecule has 108 valence electrons. The standard InChI is InChI=1S/C13H21ClN2O2S/c1-3-12(13-15-10(4-14)8-19-13)16-5-9(2)18-11(6-16)7-17/h8-9,11-12,17H,3-7H2,1-2H3. The summed E-state index contributed by atoms with van der Waals surface area (Å²) in [5.41, 5.74) is 0.945. The van der Waals surface area contributed by atoms with E-state index in [9.17, 15) is 5.11 Å². The summed E-state index contributed by atoms with van der Waals surface area (Å²) in [6.45, 7) is 5.93. The van der Waals surface area contributed by atoms with E-state index >= 15 is 0 Å². The van der Waals surface area contributed by atoms with E-state index in [0.717, 1.165) is 30.2 Å². The van der Waals surface area contributed by atoms with E-state index in [-0.39, 0.29) is 18.8 Å². The monoisotopic (exact) mass is 304 g/mol. The van der Waals surface area contributed by atoms with E-state index in [0.29, 0.717) is 11.9 Å². The minimum atomic E-state index is -0.0924. The third-order valence-corrected chi connectivity index (χ3v) is 4.65. The summed E-state index contributed by atoms with van der Waals surface area (Å²) in [5.74, 6) is 0.464. The number of rotatable bonds is 5. The van der Waals surface area contributed by atoms with Gasteiger partial charge in [0.05, 0.1) is 36.4 Å². The van der Waals surface area contributed by atoms with Gasteiger partial charge in [0.25, 0.3) is 0 Å². The molecule has 3 atom stereocenters. The van der Waals surface area contributed by atoms with E-state index in [2.05, 4.69) is 16.8 Å². The Bertz CT molecular complexity index is 402. The van der Waals surface area contributed by atoms with Crippen LogP contribution in [0.5, 0.6) is 0 Å². The number of hydrogen-bond donors (Lipinski definition) is 1. The second-order valence-corrected chi connectivity index (χ2v) is 6.10. The Morgan fingerprint density at radius 2 is 2.42 bits per heavy atom. The van der Waals surface area contributed by atoms with Gasteiger partial charge in [0.1, 0.15) is 5.01 Å². The van der Waals surface area contributed by atoms with Gasteiger partial charge in [-0.05, 0) is 13.3 Å². The molecule has 1 aliphatic heterocycles. The van der Waals surface area contributed by atoms with Gasteiger partial charge >= 0.3 is 0 Å². The normalized spacial score (nSPS) is 26.5. The Morgan fingerprint density at radius 3 is 3.00 bits per heavy atom. The van der Waals surface area contributed by atoms with Crippen LogP contribution in [0, 0.1) is 0 Å². The maximum atomic E-state index is 9.31. The molecule has 3 unspecified atom stereocenters.